The molecule has 0 aliphatic heterocycles. The van der Waals surface area contributed by atoms with Gasteiger partial charge in [0.15, 0.2) is 0 Å². The van der Waals surface area contributed by atoms with Crippen molar-refractivity contribution in [2.24, 2.45) is 0 Å². The zero-order chi connectivity index (χ0) is 14.4. The van der Waals surface area contributed by atoms with Gasteiger partial charge in [0.1, 0.15) is 0 Å². The first-order chi connectivity index (χ1) is 9.66. The summed E-state index contributed by atoms with van der Waals surface area (Å²) in [5.74, 6) is 0.838. The molecule has 2 rings (SSSR count). The number of hydrogen-bond acceptors (Lipinski definition) is 2. The topological polar surface area (TPSA) is 29.1 Å². The lowest BCUT2D eigenvalue weighted by Gasteiger charge is -2.07. The van der Waals surface area contributed by atoms with Gasteiger partial charge in [-0.05, 0) is 52.9 Å². The first-order valence-electron chi connectivity index (χ1n) is 6.08. The fraction of sp³-hybridized carbons (Fsp3) is 0.133. The highest BCUT2D eigenvalue weighted by Gasteiger charge is 2.09. The third-order valence-electron chi connectivity index (χ3n) is 2.57. The van der Waals surface area contributed by atoms with Gasteiger partial charge in [-0.3, -0.25) is 4.79 Å². The van der Waals surface area contributed by atoms with E-state index in [0.29, 0.717) is 12.1 Å². The number of carbonyl (C=O) groups is 1. The predicted molar refractivity (Wildman–Crippen MR) is 96.4 cm³/mol. The summed E-state index contributed by atoms with van der Waals surface area (Å²) in [4.78, 5) is 13.3. The lowest BCUT2D eigenvalue weighted by molar-refractivity contribution is 0.0955. The van der Waals surface area contributed by atoms with Gasteiger partial charge in [0.2, 0.25) is 0 Å². The monoisotopic (exact) mass is 461 g/mol. The first kappa shape index (κ1) is 15.9. The van der Waals surface area contributed by atoms with Crippen LogP contribution in [0.25, 0.3) is 0 Å². The van der Waals surface area contributed by atoms with Crippen LogP contribution in [0.5, 0.6) is 0 Å². The normalized spacial score (nSPS) is 10.3. The summed E-state index contributed by atoms with van der Waals surface area (Å²) in [6, 6.07) is 15.9. The Morgan fingerprint density at radius 3 is 2.70 bits per heavy atom. The van der Waals surface area contributed by atoms with Crippen molar-refractivity contribution in [1.82, 2.24) is 5.32 Å². The quantitative estimate of drug-likeness (QED) is 0.401. The van der Waals surface area contributed by atoms with Crippen molar-refractivity contribution in [2.75, 3.05) is 12.3 Å². The van der Waals surface area contributed by atoms with Crippen LogP contribution < -0.4 is 5.32 Å². The molecule has 5 heteroatoms. The van der Waals surface area contributed by atoms with Crippen molar-refractivity contribution >= 4 is 56.2 Å². The van der Waals surface area contributed by atoms with E-state index in [4.69, 9.17) is 0 Å². The SMILES string of the molecule is O=C(NCCSc1ccccc1)c1cc(Br)ccc1I. The van der Waals surface area contributed by atoms with Gasteiger partial charge >= 0.3 is 0 Å². The second-order valence-electron chi connectivity index (χ2n) is 4.04. The summed E-state index contributed by atoms with van der Waals surface area (Å²) in [5, 5.41) is 2.95. The van der Waals surface area contributed by atoms with E-state index in [1.807, 2.05) is 36.4 Å². The zero-order valence-corrected chi connectivity index (χ0v) is 15.2. The Hall–Kier alpha value is -0.530. The molecule has 0 bridgehead atoms. The van der Waals surface area contributed by atoms with Crippen LogP contribution in [0.15, 0.2) is 57.9 Å². The number of thioether (sulfide) groups is 1. The van der Waals surface area contributed by atoms with E-state index in [1.165, 1.54) is 4.90 Å². The number of carbonyl (C=O) groups excluding carboxylic acids is 1. The van der Waals surface area contributed by atoms with Crippen molar-refractivity contribution in [3.05, 3.63) is 62.1 Å². The third kappa shape index (κ3) is 4.79. The van der Waals surface area contributed by atoms with Crippen LogP contribution >= 0.6 is 50.3 Å². The van der Waals surface area contributed by atoms with Crippen LogP contribution in [0.2, 0.25) is 0 Å². The van der Waals surface area contributed by atoms with E-state index >= 15 is 0 Å². The Bertz CT molecular complexity index is 592. The lowest BCUT2D eigenvalue weighted by Crippen LogP contribution is -2.26. The second kappa shape index (κ2) is 8.05. The highest BCUT2D eigenvalue weighted by molar-refractivity contribution is 14.1. The first-order valence-corrected chi connectivity index (χ1v) is 8.93. The minimum atomic E-state index is -0.0237. The minimum absolute atomic E-state index is 0.0237. The fourth-order valence-electron chi connectivity index (χ4n) is 1.62. The molecule has 0 atom stereocenters. The Kier molecular flexibility index (Phi) is 6.38. The molecular formula is C15H13BrINOS. The van der Waals surface area contributed by atoms with Crippen molar-refractivity contribution in [3.8, 4) is 0 Å². The molecular weight excluding hydrogens is 449 g/mol. The molecule has 1 N–H and O–H groups in total. The van der Waals surface area contributed by atoms with Gasteiger partial charge in [-0.1, -0.05) is 34.1 Å². The summed E-state index contributed by atoms with van der Waals surface area (Å²) in [7, 11) is 0. The maximum Gasteiger partial charge on any atom is 0.252 e. The standard InChI is InChI=1S/C15H13BrINOS/c16-11-6-7-14(17)13(10-11)15(19)18-8-9-20-12-4-2-1-3-5-12/h1-7,10H,8-9H2,(H,18,19). The van der Waals surface area contributed by atoms with Crippen molar-refractivity contribution in [1.29, 1.82) is 0 Å². The predicted octanol–water partition coefficient (Wildman–Crippen LogP) is 4.58. The highest BCUT2D eigenvalue weighted by Crippen LogP contribution is 2.19. The van der Waals surface area contributed by atoms with Gasteiger partial charge in [-0.15, -0.1) is 11.8 Å². The molecule has 0 aliphatic carbocycles. The number of halogens is 2. The second-order valence-corrected chi connectivity index (χ2v) is 7.29. The van der Waals surface area contributed by atoms with E-state index in [0.717, 1.165) is 13.8 Å². The Labute approximate surface area is 145 Å². The molecule has 2 aromatic rings. The molecule has 0 unspecified atom stereocenters. The highest BCUT2D eigenvalue weighted by atomic mass is 127. The summed E-state index contributed by atoms with van der Waals surface area (Å²) in [6.07, 6.45) is 0. The fourth-order valence-corrected chi connectivity index (χ4v) is 3.35. The van der Waals surface area contributed by atoms with Crippen molar-refractivity contribution < 1.29 is 4.79 Å². The van der Waals surface area contributed by atoms with E-state index in [9.17, 15) is 4.79 Å². The molecule has 0 heterocycles. The van der Waals surface area contributed by atoms with Gasteiger partial charge in [0.05, 0.1) is 5.56 Å². The van der Waals surface area contributed by atoms with Crippen LogP contribution in [-0.4, -0.2) is 18.2 Å². The average molecular weight is 462 g/mol. The largest absolute Gasteiger partial charge is 0.351 e. The van der Waals surface area contributed by atoms with Crippen LogP contribution in [0.1, 0.15) is 10.4 Å². The van der Waals surface area contributed by atoms with Gasteiger partial charge < -0.3 is 5.32 Å². The maximum absolute atomic E-state index is 12.1. The van der Waals surface area contributed by atoms with Crippen molar-refractivity contribution in [3.63, 3.8) is 0 Å². The van der Waals surface area contributed by atoms with Gasteiger partial charge in [0, 0.05) is 25.2 Å². The van der Waals surface area contributed by atoms with Crippen LogP contribution in [0.3, 0.4) is 0 Å². The van der Waals surface area contributed by atoms with Crippen LogP contribution in [0.4, 0.5) is 0 Å². The smallest absolute Gasteiger partial charge is 0.252 e. The van der Waals surface area contributed by atoms with Gasteiger partial charge in [-0.2, -0.15) is 0 Å². The summed E-state index contributed by atoms with van der Waals surface area (Å²) in [6.45, 7) is 0.654. The molecule has 0 saturated carbocycles. The molecule has 0 aromatic heterocycles. The molecule has 0 aliphatic rings. The molecule has 1 amide bonds. The van der Waals surface area contributed by atoms with E-state index in [-0.39, 0.29) is 5.91 Å². The molecule has 2 nitrogen and oxygen atoms in total. The third-order valence-corrected chi connectivity index (χ3v) is 5.02. The molecule has 0 saturated heterocycles. The maximum atomic E-state index is 12.1. The number of hydrogen-bond donors (Lipinski definition) is 1. The number of benzene rings is 2. The Morgan fingerprint density at radius 2 is 1.95 bits per heavy atom. The van der Waals surface area contributed by atoms with Gasteiger partial charge in [-0.25, -0.2) is 0 Å². The molecule has 0 radical (unpaired) electrons. The summed E-state index contributed by atoms with van der Waals surface area (Å²) >= 11 is 7.30. The summed E-state index contributed by atoms with van der Waals surface area (Å²) in [5.41, 5.74) is 0.713. The summed E-state index contributed by atoms with van der Waals surface area (Å²) < 4.78 is 1.88. The molecule has 104 valence electrons. The lowest BCUT2D eigenvalue weighted by atomic mass is 10.2. The Balaban J connectivity index is 1.82. The van der Waals surface area contributed by atoms with Crippen molar-refractivity contribution in [2.45, 2.75) is 4.90 Å². The molecule has 20 heavy (non-hydrogen) atoms. The van der Waals surface area contributed by atoms with E-state index in [2.05, 4.69) is 56.0 Å². The number of rotatable bonds is 5. The van der Waals surface area contributed by atoms with E-state index < -0.39 is 0 Å². The molecule has 0 spiro atoms. The molecule has 2 aromatic carbocycles. The number of amides is 1. The zero-order valence-electron chi connectivity index (χ0n) is 10.6. The van der Waals surface area contributed by atoms with Gasteiger partial charge in [0.25, 0.3) is 5.91 Å². The minimum Gasteiger partial charge on any atom is -0.351 e. The Morgan fingerprint density at radius 1 is 1.20 bits per heavy atom. The van der Waals surface area contributed by atoms with Crippen LogP contribution in [0, 0.1) is 3.57 Å². The number of nitrogens with one attached hydrogen (secondary N) is 1. The average Bonchev–Trinajstić information content (AvgIpc) is 2.47. The molecule has 0 fully saturated rings. The van der Waals surface area contributed by atoms with Crippen LogP contribution in [-0.2, 0) is 0 Å². The van der Waals surface area contributed by atoms with E-state index in [1.54, 1.807) is 11.8 Å².